The second-order valence-electron chi connectivity index (χ2n) is 8.71. The molecule has 0 radical (unpaired) electrons. The molecule has 7 heteroatoms. The lowest BCUT2D eigenvalue weighted by atomic mass is 9.85. The van der Waals surface area contributed by atoms with Crippen LogP contribution < -0.4 is 5.32 Å². The molecular weight excluding hydrogens is 390 g/mol. The zero-order valence-corrected chi connectivity index (χ0v) is 17.8. The number of likely N-dealkylation sites (tertiary alicyclic amines) is 1. The van der Waals surface area contributed by atoms with Gasteiger partial charge in [0.05, 0.1) is 5.39 Å². The number of anilines is 1. The van der Waals surface area contributed by atoms with Gasteiger partial charge in [0.15, 0.2) is 11.3 Å². The molecule has 1 N–H and O–H groups in total. The van der Waals surface area contributed by atoms with E-state index in [1.807, 2.05) is 34.7 Å². The number of nitrogens with zero attached hydrogens (tertiary/aromatic N) is 4. The molecule has 1 aliphatic heterocycles. The van der Waals surface area contributed by atoms with Crippen molar-refractivity contribution in [2.75, 3.05) is 18.4 Å². The van der Waals surface area contributed by atoms with Gasteiger partial charge in [0.2, 0.25) is 0 Å². The zero-order valence-electron chi connectivity index (χ0n) is 17.8. The summed E-state index contributed by atoms with van der Waals surface area (Å²) < 4.78 is 1.87. The quantitative estimate of drug-likeness (QED) is 0.680. The third-order valence-corrected chi connectivity index (χ3v) is 6.40. The van der Waals surface area contributed by atoms with Crippen LogP contribution in [0.15, 0.2) is 36.4 Å². The Morgan fingerprint density at radius 3 is 2.45 bits per heavy atom. The van der Waals surface area contributed by atoms with Crippen LogP contribution in [-0.2, 0) is 6.54 Å². The maximum atomic E-state index is 13.1. The number of aromatic nitrogens is 3. The van der Waals surface area contributed by atoms with E-state index in [9.17, 15) is 9.59 Å². The second-order valence-corrected chi connectivity index (χ2v) is 8.71. The number of aryl methyl sites for hydroxylation is 1. The van der Waals surface area contributed by atoms with E-state index in [4.69, 9.17) is 10.1 Å². The summed E-state index contributed by atoms with van der Waals surface area (Å²) in [4.78, 5) is 32.3. The smallest absolute Gasteiger partial charge is 0.275 e. The lowest BCUT2D eigenvalue weighted by Crippen LogP contribution is -2.28. The minimum atomic E-state index is -0.203. The van der Waals surface area contributed by atoms with Crippen molar-refractivity contribution < 1.29 is 9.59 Å². The largest absolute Gasteiger partial charge is 0.337 e. The maximum Gasteiger partial charge on any atom is 0.275 e. The first kappa shape index (κ1) is 19.7. The van der Waals surface area contributed by atoms with Gasteiger partial charge in [-0.2, -0.15) is 5.10 Å². The number of benzene rings is 1. The Balaban J connectivity index is 1.46. The Morgan fingerprint density at radius 2 is 1.77 bits per heavy atom. The number of carbonyl (C=O) groups is 2. The highest BCUT2D eigenvalue weighted by Crippen LogP contribution is 2.30. The molecule has 3 aromatic rings. The van der Waals surface area contributed by atoms with Crippen molar-refractivity contribution in [1.29, 1.82) is 0 Å². The fraction of sp³-hybridized carbons (Fsp3) is 0.417. The summed E-state index contributed by atoms with van der Waals surface area (Å²) >= 11 is 0. The number of pyridine rings is 1. The number of fused-ring (bicyclic) bond motifs is 1. The van der Waals surface area contributed by atoms with E-state index in [0.717, 1.165) is 43.4 Å². The van der Waals surface area contributed by atoms with Gasteiger partial charge >= 0.3 is 0 Å². The molecule has 0 atom stereocenters. The number of hydrogen-bond acceptors (Lipinski definition) is 4. The van der Waals surface area contributed by atoms with E-state index in [1.165, 1.54) is 19.3 Å². The highest BCUT2D eigenvalue weighted by molar-refractivity contribution is 6.06. The molecule has 0 unspecified atom stereocenters. The molecule has 1 aliphatic carbocycles. The van der Waals surface area contributed by atoms with E-state index >= 15 is 0 Å². The molecule has 2 aromatic heterocycles. The molecule has 1 saturated heterocycles. The highest BCUT2D eigenvalue weighted by atomic mass is 16.2. The van der Waals surface area contributed by atoms with Crippen LogP contribution in [0.4, 0.5) is 5.82 Å². The molecule has 1 saturated carbocycles. The Kier molecular flexibility index (Phi) is 5.18. The average Bonchev–Trinajstić information content (AvgIpc) is 3.39. The molecule has 5 rings (SSSR count). The molecule has 1 aromatic carbocycles. The van der Waals surface area contributed by atoms with Gasteiger partial charge in [0.25, 0.3) is 11.8 Å². The molecule has 2 aliphatic rings. The first-order valence-electron chi connectivity index (χ1n) is 11.1. The fourth-order valence-electron chi connectivity index (χ4n) is 4.29. The summed E-state index contributed by atoms with van der Waals surface area (Å²) in [6.07, 6.45) is 5.69. The number of carbonyl (C=O) groups excluding carboxylic acids is 2. The highest BCUT2D eigenvalue weighted by Gasteiger charge is 2.27. The van der Waals surface area contributed by atoms with Crippen LogP contribution in [-0.4, -0.2) is 44.6 Å². The summed E-state index contributed by atoms with van der Waals surface area (Å²) in [6.45, 7) is 4.31. The monoisotopic (exact) mass is 417 g/mol. The number of hydrogen-bond donors (Lipinski definition) is 1. The Labute approximate surface area is 181 Å². The van der Waals surface area contributed by atoms with Crippen molar-refractivity contribution in [3.8, 4) is 0 Å². The second kappa shape index (κ2) is 8.13. The predicted octanol–water partition coefficient (Wildman–Crippen LogP) is 4.03. The first-order chi connectivity index (χ1) is 15.1. The molecule has 7 nitrogen and oxygen atoms in total. The number of rotatable bonds is 5. The van der Waals surface area contributed by atoms with Crippen LogP contribution in [0.25, 0.3) is 11.0 Å². The average molecular weight is 418 g/mol. The van der Waals surface area contributed by atoms with Crippen LogP contribution in [0.2, 0.25) is 0 Å². The summed E-state index contributed by atoms with van der Waals surface area (Å²) in [6, 6.07) is 11.0. The van der Waals surface area contributed by atoms with Gasteiger partial charge in [-0.15, -0.1) is 0 Å². The molecule has 2 fully saturated rings. The van der Waals surface area contributed by atoms with Gasteiger partial charge in [-0.05, 0) is 62.8 Å². The minimum Gasteiger partial charge on any atom is -0.337 e. The summed E-state index contributed by atoms with van der Waals surface area (Å²) in [5, 5.41) is 8.33. The van der Waals surface area contributed by atoms with Gasteiger partial charge in [0, 0.05) is 25.2 Å². The molecule has 31 heavy (non-hydrogen) atoms. The topological polar surface area (TPSA) is 80.1 Å². The van der Waals surface area contributed by atoms with Gasteiger partial charge in [-0.1, -0.05) is 24.1 Å². The van der Waals surface area contributed by atoms with E-state index in [-0.39, 0.29) is 11.8 Å². The van der Waals surface area contributed by atoms with Crippen LogP contribution in [0.3, 0.4) is 0 Å². The van der Waals surface area contributed by atoms with Gasteiger partial charge in [0.1, 0.15) is 5.82 Å². The van der Waals surface area contributed by atoms with Crippen molar-refractivity contribution in [2.45, 2.75) is 45.6 Å². The van der Waals surface area contributed by atoms with Crippen molar-refractivity contribution in [2.24, 2.45) is 5.92 Å². The van der Waals surface area contributed by atoms with Crippen molar-refractivity contribution in [1.82, 2.24) is 19.7 Å². The predicted molar refractivity (Wildman–Crippen MR) is 119 cm³/mol. The van der Waals surface area contributed by atoms with Gasteiger partial charge in [-0.3, -0.25) is 9.59 Å². The van der Waals surface area contributed by atoms with Crippen molar-refractivity contribution >= 4 is 28.7 Å². The van der Waals surface area contributed by atoms with Crippen LogP contribution in [0.5, 0.6) is 0 Å². The van der Waals surface area contributed by atoms with E-state index in [1.54, 1.807) is 18.2 Å². The molecule has 2 amide bonds. The summed E-state index contributed by atoms with van der Waals surface area (Å²) in [7, 11) is 0. The first-order valence-corrected chi connectivity index (χ1v) is 11.1. The number of nitrogens with one attached hydrogen (secondary N) is 1. The third-order valence-electron chi connectivity index (χ3n) is 6.40. The van der Waals surface area contributed by atoms with Crippen molar-refractivity contribution in [3.63, 3.8) is 0 Å². The molecule has 3 heterocycles. The third kappa shape index (κ3) is 3.92. The number of amides is 2. The van der Waals surface area contributed by atoms with Gasteiger partial charge < -0.3 is 10.2 Å². The molecule has 0 spiro atoms. The normalized spacial score (nSPS) is 16.5. The maximum absolute atomic E-state index is 13.1. The van der Waals surface area contributed by atoms with Crippen LogP contribution >= 0.6 is 0 Å². The van der Waals surface area contributed by atoms with Crippen LogP contribution in [0.1, 0.15) is 58.5 Å². The molecule has 160 valence electrons. The molecule has 0 bridgehead atoms. The summed E-state index contributed by atoms with van der Waals surface area (Å²) in [5.41, 5.74) is 2.82. The fourth-order valence-corrected chi connectivity index (χ4v) is 4.29. The van der Waals surface area contributed by atoms with E-state index in [2.05, 4.69) is 5.32 Å². The lowest BCUT2D eigenvalue weighted by Gasteiger charge is -2.25. The lowest BCUT2D eigenvalue weighted by molar-refractivity contribution is 0.0787. The SMILES string of the molecule is Cc1ccc(C(=O)Nc2ccc3c(C(=O)N4CCCC4)nn(CC4CCC4)c3n2)cc1. The summed E-state index contributed by atoms with van der Waals surface area (Å²) in [5.74, 6) is 0.817. The molecular formula is C24H27N5O2. The zero-order chi connectivity index (χ0) is 21.4. The minimum absolute atomic E-state index is 0.0203. The Hall–Kier alpha value is -3.22. The van der Waals surface area contributed by atoms with Crippen LogP contribution in [0, 0.1) is 12.8 Å². The Bertz CT molecular complexity index is 1120. The van der Waals surface area contributed by atoms with E-state index < -0.39 is 0 Å². The van der Waals surface area contributed by atoms with Crippen molar-refractivity contribution in [3.05, 3.63) is 53.2 Å². The standard InChI is InChI=1S/C24H27N5O2/c1-16-7-9-18(10-8-16)23(30)26-20-12-11-19-21(24(31)28-13-2-3-14-28)27-29(22(19)25-20)15-17-5-4-6-17/h7-12,17H,2-6,13-15H2,1H3,(H,25,26,30). The Morgan fingerprint density at radius 1 is 1.03 bits per heavy atom. The van der Waals surface area contributed by atoms with E-state index in [0.29, 0.717) is 28.6 Å². The van der Waals surface area contributed by atoms with Gasteiger partial charge in [-0.25, -0.2) is 9.67 Å².